The Balaban J connectivity index is 3.15. The molecule has 0 aliphatic carbocycles. The van der Waals surface area contributed by atoms with Crippen LogP contribution >= 0.6 is 12.2 Å². The second kappa shape index (κ2) is 3.03. The van der Waals surface area contributed by atoms with Gasteiger partial charge >= 0.3 is 0 Å². The first-order valence-corrected chi connectivity index (χ1v) is 3.69. The van der Waals surface area contributed by atoms with Gasteiger partial charge in [0.15, 0.2) is 11.9 Å². The molecule has 1 aromatic heterocycles. The molecule has 1 aromatic rings. The van der Waals surface area contributed by atoms with Gasteiger partial charge in [-0.25, -0.2) is 4.57 Å². The second-order valence-electron chi connectivity index (χ2n) is 1.98. The molecule has 0 fully saturated rings. The van der Waals surface area contributed by atoms with Gasteiger partial charge in [-0.3, -0.25) is 0 Å². The van der Waals surface area contributed by atoms with Gasteiger partial charge in [0.2, 0.25) is 0 Å². The Bertz CT molecular complexity index is 258. The predicted octanol–water partition coefficient (Wildman–Crippen LogP) is 0.733. The molecular formula is C7H7NS2. The van der Waals surface area contributed by atoms with Crippen molar-refractivity contribution in [2.75, 3.05) is 0 Å². The summed E-state index contributed by atoms with van der Waals surface area (Å²) in [6, 6.07) is 5.78. The number of hydrogen-bond acceptors (Lipinski definition) is 2. The summed E-state index contributed by atoms with van der Waals surface area (Å²) >= 11 is 9.69. The van der Waals surface area contributed by atoms with Crippen molar-refractivity contribution in [3.8, 4) is 0 Å². The van der Waals surface area contributed by atoms with Crippen molar-refractivity contribution in [3.05, 3.63) is 30.1 Å². The van der Waals surface area contributed by atoms with Crippen LogP contribution in [-0.4, -0.2) is 4.20 Å². The fourth-order valence-corrected chi connectivity index (χ4v) is 1.16. The highest BCUT2D eigenvalue weighted by molar-refractivity contribution is 8.01. The molecule has 0 aromatic carbocycles. The van der Waals surface area contributed by atoms with Gasteiger partial charge < -0.3 is 24.8 Å². The average molecular weight is 169 g/mol. The van der Waals surface area contributed by atoms with E-state index in [0.717, 1.165) is 5.69 Å². The molecule has 0 aliphatic heterocycles. The molecule has 0 saturated heterocycles. The topological polar surface area (TPSA) is 3.88 Å². The van der Waals surface area contributed by atoms with Gasteiger partial charge in [0.05, 0.1) is 0 Å². The Labute approximate surface area is 71.1 Å². The van der Waals surface area contributed by atoms with Crippen molar-refractivity contribution in [2.24, 2.45) is 7.05 Å². The van der Waals surface area contributed by atoms with Crippen LogP contribution in [0.5, 0.6) is 0 Å². The van der Waals surface area contributed by atoms with E-state index in [4.69, 9.17) is 24.8 Å². The lowest BCUT2D eigenvalue weighted by Crippen LogP contribution is -2.34. The van der Waals surface area contributed by atoms with Gasteiger partial charge in [0.1, 0.15) is 7.05 Å². The first-order valence-electron chi connectivity index (χ1n) is 2.88. The lowest BCUT2D eigenvalue weighted by atomic mass is 10.4. The third-order valence-electron chi connectivity index (χ3n) is 1.26. The number of thiocarbonyl (C=S) groups is 1. The van der Waals surface area contributed by atoms with Crippen molar-refractivity contribution in [1.29, 1.82) is 0 Å². The highest BCUT2D eigenvalue weighted by atomic mass is 32.1. The average Bonchev–Trinajstić information content (AvgIpc) is 1.88. The molecule has 0 radical (unpaired) electrons. The SMILES string of the molecule is C[n+]1ccccc1C(=S)[S-]. The minimum absolute atomic E-state index is 0.517. The van der Waals surface area contributed by atoms with Crippen LogP contribution in [-0.2, 0) is 19.7 Å². The zero-order chi connectivity index (χ0) is 7.56. The molecule has 0 unspecified atom stereocenters. The molecule has 0 atom stereocenters. The van der Waals surface area contributed by atoms with Crippen LogP contribution in [0.1, 0.15) is 5.69 Å². The molecule has 1 nitrogen and oxygen atoms in total. The van der Waals surface area contributed by atoms with E-state index >= 15 is 0 Å². The smallest absolute Gasteiger partial charge is 0.192 e. The van der Waals surface area contributed by atoms with E-state index in [-0.39, 0.29) is 0 Å². The molecule has 0 amide bonds. The Hall–Kier alpha value is -0.540. The number of hydrogen-bond donors (Lipinski definition) is 0. The van der Waals surface area contributed by atoms with E-state index in [2.05, 4.69) is 0 Å². The zero-order valence-corrected chi connectivity index (χ0v) is 7.21. The van der Waals surface area contributed by atoms with Crippen LogP contribution in [0, 0.1) is 0 Å². The first kappa shape index (κ1) is 7.57. The van der Waals surface area contributed by atoms with E-state index in [1.807, 2.05) is 36.0 Å². The van der Waals surface area contributed by atoms with Crippen molar-refractivity contribution in [2.45, 2.75) is 0 Å². The van der Waals surface area contributed by atoms with Crippen LogP contribution in [0.15, 0.2) is 24.4 Å². The van der Waals surface area contributed by atoms with Crippen molar-refractivity contribution in [3.63, 3.8) is 0 Å². The molecule has 3 heteroatoms. The first-order chi connectivity index (χ1) is 4.72. The highest BCUT2D eigenvalue weighted by Gasteiger charge is 1.98. The van der Waals surface area contributed by atoms with E-state index in [1.165, 1.54) is 0 Å². The van der Waals surface area contributed by atoms with Gasteiger partial charge in [-0.2, -0.15) is 0 Å². The summed E-state index contributed by atoms with van der Waals surface area (Å²) in [6.45, 7) is 0. The Morgan fingerprint density at radius 3 is 2.70 bits per heavy atom. The molecule has 1 heterocycles. The molecule has 52 valence electrons. The van der Waals surface area contributed by atoms with Crippen molar-refractivity contribution in [1.82, 2.24) is 0 Å². The fraction of sp³-hybridized carbons (Fsp3) is 0.143. The number of pyridine rings is 1. The third kappa shape index (κ3) is 1.49. The lowest BCUT2D eigenvalue weighted by molar-refractivity contribution is -0.672. The van der Waals surface area contributed by atoms with Gasteiger partial charge in [-0.1, -0.05) is 4.20 Å². The van der Waals surface area contributed by atoms with E-state index < -0.39 is 0 Å². The number of nitrogens with zero attached hydrogens (tertiary/aromatic N) is 1. The normalized spacial score (nSPS) is 9.30. The zero-order valence-electron chi connectivity index (χ0n) is 5.57. The van der Waals surface area contributed by atoms with E-state index in [1.54, 1.807) is 0 Å². The fourth-order valence-electron chi connectivity index (χ4n) is 0.735. The molecule has 0 spiro atoms. The largest absolute Gasteiger partial charge is 0.422 e. The van der Waals surface area contributed by atoms with E-state index in [9.17, 15) is 0 Å². The van der Waals surface area contributed by atoms with Crippen LogP contribution in [0.2, 0.25) is 0 Å². The molecule has 0 aliphatic rings. The van der Waals surface area contributed by atoms with Gasteiger partial charge in [-0.05, 0) is 6.07 Å². The maximum Gasteiger partial charge on any atom is 0.192 e. The monoisotopic (exact) mass is 169 g/mol. The summed E-state index contributed by atoms with van der Waals surface area (Å²) < 4.78 is 2.43. The Kier molecular flexibility index (Phi) is 2.29. The predicted molar refractivity (Wildman–Crippen MR) is 46.7 cm³/mol. The van der Waals surface area contributed by atoms with Crippen LogP contribution in [0.25, 0.3) is 0 Å². The summed E-state index contributed by atoms with van der Waals surface area (Å²) in [7, 11) is 1.92. The summed E-state index contributed by atoms with van der Waals surface area (Å²) in [5, 5.41) is 0. The van der Waals surface area contributed by atoms with Crippen molar-refractivity contribution < 1.29 is 4.57 Å². The van der Waals surface area contributed by atoms with Crippen LogP contribution < -0.4 is 4.57 Å². The summed E-state index contributed by atoms with van der Waals surface area (Å²) in [6.07, 6.45) is 1.92. The number of aryl methyl sites for hydroxylation is 1. The Morgan fingerprint density at radius 1 is 1.60 bits per heavy atom. The second-order valence-corrected chi connectivity index (χ2v) is 3.06. The molecule has 0 N–H and O–H groups in total. The molecule has 0 bridgehead atoms. The number of rotatable bonds is 1. The third-order valence-corrected chi connectivity index (χ3v) is 1.68. The summed E-state index contributed by atoms with van der Waals surface area (Å²) in [4.78, 5) is 0. The lowest BCUT2D eigenvalue weighted by Gasteiger charge is -2.00. The van der Waals surface area contributed by atoms with Gasteiger partial charge in [0.25, 0.3) is 0 Å². The van der Waals surface area contributed by atoms with Gasteiger partial charge in [-0.15, -0.1) is 0 Å². The van der Waals surface area contributed by atoms with Gasteiger partial charge in [0, 0.05) is 12.1 Å². The standard InChI is InChI=1S/C7H7NS2/c1-8-5-3-2-4-6(8)7(9)10/h2-5H,1H3. The van der Waals surface area contributed by atoms with Crippen LogP contribution in [0.4, 0.5) is 0 Å². The summed E-state index contributed by atoms with van der Waals surface area (Å²) in [5.41, 5.74) is 0.924. The molecular weight excluding hydrogens is 162 g/mol. The molecule has 1 rings (SSSR count). The quantitative estimate of drug-likeness (QED) is 0.347. The van der Waals surface area contributed by atoms with E-state index in [0.29, 0.717) is 4.20 Å². The van der Waals surface area contributed by atoms with Crippen LogP contribution in [0.3, 0.4) is 0 Å². The minimum atomic E-state index is 0.517. The van der Waals surface area contributed by atoms with Crippen molar-refractivity contribution >= 4 is 29.0 Å². The number of aromatic nitrogens is 1. The Morgan fingerprint density at radius 2 is 2.30 bits per heavy atom. The maximum atomic E-state index is 4.84. The molecule has 0 saturated carbocycles. The maximum absolute atomic E-state index is 4.84. The molecule has 10 heavy (non-hydrogen) atoms. The summed E-state index contributed by atoms with van der Waals surface area (Å²) in [5.74, 6) is 0. The highest BCUT2D eigenvalue weighted by Crippen LogP contribution is 1.91. The minimum Gasteiger partial charge on any atom is -0.422 e.